The highest BCUT2D eigenvalue weighted by molar-refractivity contribution is 7.13. The molecule has 0 spiro atoms. The van der Waals surface area contributed by atoms with Crippen molar-refractivity contribution in [2.24, 2.45) is 0 Å². The van der Waals surface area contributed by atoms with Gasteiger partial charge in [-0.2, -0.15) is 0 Å². The van der Waals surface area contributed by atoms with E-state index in [4.69, 9.17) is 25.7 Å². The van der Waals surface area contributed by atoms with Crippen LogP contribution in [0.3, 0.4) is 0 Å². The van der Waals surface area contributed by atoms with E-state index >= 15 is 0 Å². The number of hydrogen-bond acceptors (Lipinski definition) is 5. The van der Waals surface area contributed by atoms with Gasteiger partial charge >= 0.3 is 0 Å². The van der Waals surface area contributed by atoms with Gasteiger partial charge in [0.1, 0.15) is 6.17 Å². The molecular weight excluding hydrogens is 583 g/mol. The summed E-state index contributed by atoms with van der Waals surface area (Å²) < 4.78 is 29.7. The first-order valence-corrected chi connectivity index (χ1v) is 14.6. The summed E-state index contributed by atoms with van der Waals surface area (Å²) in [6.07, 6.45) is 17.3. The Bertz CT molecular complexity index is 1420. The van der Waals surface area contributed by atoms with Gasteiger partial charge in [-0.15, -0.1) is 11.3 Å². The van der Waals surface area contributed by atoms with Gasteiger partial charge in [-0.25, -0.2) is 9.37 Å². The number of benzene rings is 1. The molecule has 2 N–H and O–H groups in total. The van der Waals surface area contributed by atoms with E-state index in [0.717, 1.165) is 38.3 Å². The molecule has 5 nitrogen and oxygen atoms in total. The fourth-order valence-corrected chi connectivity index (χ4v) is 5.29. The number of aromatic nitrogens is 1. The Kier molecular flexibility index (Phi) is 12.9. The number of aliphatic hydroxyl groups excluding tert-OH is 1. The fraction of sp³-hybridized carbons (Fsp3) is 0.250. The first-order valence-electron chi connectivity index (χ1n) is 13.3. The summed E-state index contributed by atoms with van der Waals surface area (Å²) in [5.74, 6) is -0.169. The van der Waals surface area contributed by atoms with E-state index in [2.05, 4.69) is 28.9 Å². The molecular formula is C32H33ClF3N3O2S. The van der Waals surface area contributed by atoms with E-state index in [1.807, 2.05) is 54.0 Å². The monoisotopic (exact) mass is 615 g/mol. The van der Waals surface area contributed by atoms with Crippen molar-refractivity contribution in [3.8, 4) is 0 Å². The zero-order valence-electron chi connectivity index (χ0n) is 23.2. The minimum Gasteiger partial charge on any atom is -0.513 e. The number of alkyl halides is 1. The first kappa shape index (κ1) is 32.7. The average Bonchev–Trinajstić information content (AvgIpc) is 3.20. The topological polar surface area (TPSA) is 65.5 Å². The SMILES string of the molecule is C=C(O)CCNC(=O)c1ccc(CN(C2=CC=C(CC(C)F)CC=C2)c2nc(C3=CC=C(Cl)CC=C3)cs2)cc1.FF. The molecule has 222 valence electrons. The molecule has 1 heterocycles. The van der Waals surface area contributed by atoms with Crippen LogP contribution in [-0.4, -0.2) is 28.7 Å². The van der Waals surface area contributed by atoms with Crippen molar-refractivity contribution in [2.45, 2.75) is 45.3 Å². The molecule has 42 heavy (non-hydrogen) atoms. The summed E-state index contributed by atoms with van der Waals surface area (Å²) in [6.45, 7) is 5.86. The number of aliphatic hydroxyl groups is 1. The minimum atomic E-state index is -0.895. The largest absolute Gasteiger partial charge is 0.513 e. The fourth-order valence-electron chi connectivity index (χ4n) is 4.28. The van der Waals surface area contributed by atoms with E-state index in [-0.39, 0.29) is 11.7 Å². The number of anilines is 1. The normalized spacial score (nSPS) is 15.1. The number of halogens is 4. The molecule has 1 unspecified atom stereocenters. The molecule has 4 rings (SSSR count). The highest BCUT2D eigenvalue weighted by Crippen LogP contribution is 2.32. The van der Waals surface area contributed by atoms with Crippen molar-refractivity contribution in [2.75, 3.05) is 11.4 Å². The quantitative estimate of drug-likeness (QED) is 0.247. The highest BCUT2D eigenvalue weighted by atomic mass is 35.5. The van der Waals surface area contributed by atoms with E-state index in [0.29, 0.717) is 44.3 Å². The first-order chi connectivity index (χ1) is 20.3. The maximum atomic E-state index is 13.7. The molecule has 0 radical (unpaired) electrons. The number of amides is 1. The van der Waals surface area contributed by atoms with Gasteiger partial charge in [0.2, 0.25) is 0 Å². The number of carbonyl (C=O) groups excluding carboxylic acids is 1. The number of nitrogens with zero attached hydrogens (tertiary/aromatic N) is 2. The maximum absolute atomic E-state index is 13.7. The van der Waals surface area contributed by atoms with Crippen LogP contribution >= 0.6 is 22.9 Å². The van der Waals surface area contributed by atoms with Crippen LogP contribution in [0.25, 0.3) is 5.57 Å². The summed E-state index contributed by atoms with van der Waals surface area (Å²) in [5.41, 5.74) is 5.38. The van der Waals surface area contributed by atoms with Gasteiger partial charge in [0, 0.05) is 55.8 Å². The summed E-state index contributed by atoms with van der Waals surface area (Å²) in [5, 5.41) is 15.6. The van der Waals surface area contributed by atoms with Crippen molar-refractivity contribution >= 4 is 39.5 Å². The molecule has 0 saturated carbocycles. The van der Waals surface area contributed by atoms with Crippen LogP contribution in [0.1, 0.15) is 54.2 Å². The van der Waals surface area contributed by atoms with Gasteiger partial charge < -0.3 is 15.3 Å². The van der Waals surface area contributed by atoms with Gasteiger partial charge in [-0.3, -0.25) is 4.79 Å². The molecule has 10 heteroatoms. The molecule has 0 fully saturated rings. The highest BCUT2D eigenvalue weighted by Gasteiger charge is 2.18. The summed E-state index contributed by atoms with van der Waals surface area (Å²) in [4.78, 5) is 19.6. The number of nitrogens with one attached hydrogen (secondary N) is 1. The standard InChI is InChI=1S/C32H33ClFN3O2S.F2/c1-22(34)19-24-5-3-8-29(16-11-24)37(32-36-30(21-40-32)26-6-4-7-28(33)15-14-26)20-25-9-12-27(13-10-25)31(39)35-18-17-23(2)38;1-2/h3-4,6,8-16,21-22,38H,2,5,7,17-20H2,1H3,(H,35,39);. The van der Waals surface area contributed by atoms with Crippen LogP contribution in [0.4, 0.5) is 18.7 Å². The van der Waals surface area contributed by atoms with E-state index < -0.39 is 6.17 Å². The number of carbonyl (C=O) groups is 1. The minimum absolute atomic E-state index is 0.0377. The van der Waals surface area contributed by atoms with Crippen LogP contribution in [0, 0.1) is 0 Å². The van der Waals surface area contributed by atoms with Crippen LogP contribution in [0.5, 0.6) is 0 Å². The molecule has 2 aliphatic rings. The molecule has 1 atom stereocenters. The zero-order chi connectivity index (χ0) is 30.5. The number of allylic oxidation sites excluding steroid dienone is 11. The van der Waals surface area contributed by atoms with Crippen LogP contribution in [-0.2, 0) is 6.54 Å². The van der Waals surface area contributed by atoms with Crippen LogP contribution in [0.15, 0.2) is 107 Å². The summed E-state index contributed by atoms with van der Waals surface area (Å²) in [6, 6.07) is 7.44. The van der Waals surface area contributed by atoms with E-state index in [9.17, 15) is 14.3 Å². The molecule has 2 aromatic rings. The lowest BCUT2D eigenvalue weighted by atomic mass is 10.1. The summed E-state index contributed by atoms with van der Waals surface area (Å²) in [7, 11) is 0. The predicted molar refractivity (Wildman–Crippen MR) is 166 cm³/mol. The van der Waals surface area contributed by atoms with Gasteiger partial charge in [0.25, 0.3) is 5.91 Å². The Morgan fingerprint density at radius 2 is 1.88 bits per heavy atom. The van der Waals surface area contributed by atoms with Crippen LogP contribution < -0.4 is 10.2 Å². The number of hydrogen-bond donors (Lipinski definition) is 2. The molecule has 0 aliphatic heterocycles. The number of rotatable bonds is 11. The Morgan fingerprint density at radius 1 is 1.14 bits per heavy atom. The molecule has 1 aromatic carbocycles. The molecule has 1 aromatic heterocycles. The van der Waals surface area contributed by atoms with Crippen molar-refractivity contribution in [1.82, 2.24) is 10.3 Å². The lowest BCUT2D eigenvalue weighted by molar-refractivity contribution is 0.0953. The van der Waals surface area contributed by atoms with Crippen molar-refractivity contribution < 1.29 is 23.4 Å². The van der Waals surface area contributed by atoms with Crippen molar-refractivity contribution in [3.05, 3.63) is 124 Å². The molecule has 0 bridgehead atoms. The van der Waals surface area contributed by atoms with Gasteiger partial charge in [-0.1, -0.05) is 66.3 Å². The molecule has 2 aliphatic carbocycles. The lowest BCUT2D eigenvalue weighted by Gasteiger charge is -2.23. The van der Waals surface area contributed by atoms with E-state index in [1.54, 1.807) is 30.4 Å². The second-order valence-electron chi connectivity index (χ2n) is 9.72. The zero-order valence-corrected chi connectivity index (χ0v) is 24.8. The Hall–Kier alpha value is -3.82. The Morgan fingerprint density at radius 3 is 2.60 bits per heavy atom. The smallest absolute Gasteiger partial charge is 0.251 e. The lowest BCUT2D eigenvalue weighted by Crippen LogP contribution is -2.25. The third-order valence-electron chi connectivity index (χ3n) is 6.34. The van der Waals surface area contributed by atoms with Crippen LogP contribution in [0.2, 0.25) is 0 Å². The second-order valence-corrected chi connectivity index (χ2v) is 11.0. The van der Waals surface area contributed by atoms with Crippen molar-refractivity contribution in [3.63, 3.8) is 0 Å². The third-order valence-corrected chi connectivity index (χ3v) is 7.49. The third kappa shape index (κ3) is 9.92. The number of thiazole rings is 1. The molecule has 0 saturated heterocycles. The van der Waals surface area contributed by atoms with Gasteiger partial charge in [0.15, 0.2) is 5.13 Å². The maximum Gasteiger partial charge on any atom is 0.251 e. The van der Waals surface area contributed by atoms with Crippen molar-refractivity contribution in [1.29, 1.82) is 0 Å². The Balaban J connectivity index is 0.00000237. The van der Waals surface area contributed by atoms with Gasteiger partial charge in [-0.05, 0) is 55.7 Å². The van der Waals surface area contributed by atoms with Gasteiger partial charge in [0.05, 0.1) is 18.0 Å². The molecule has 1 amide bonds. The second kappa shape index (κ2) is 16.6. The Labute approximate surface area is 253 Å². The summed E-state index contributed by atoms with van der Waals surface area (Å²) >= 11 is 7.75. The van der Waals surface area contributed by atoms with E-state index in [1.165, 1.54) is 0 Å². The average molecular weight is 616 g/mol. The predicted octanol–water partition coefficient (Wildman–Crippen LogP) is 9.17.